The summed E-state index contributed by atoms with van der Waals surface area (Å²) in [5.41, 5.74) is 17.6. The number of aldehydes is 1. The van der Waals surface area contributed by atoms with Gasteiger partial charge in [0.1, 0.15) is 12.3 Å². The number of nitrogens with zero attached hydrogens (tertiary/aromatic N) is 2. The Labute approximate surface area is 188 Å². The predicted octanol–water partition coefficient (Wildman–Crippen LogP) is -0.598. The topological polar surface area (TPSA) is 188 Å². The molecule has 31 heavy (non-hydrogen) atoms. The van der Waals surface area contributed by atoms with Crippen molar-refractivity contribution in [3.8, 4) is 0 Å². The summed E-state index contributed by atoms with van der Waals surface area (Å²) in [5, 5.41) is 2.72. The molecule has 1 heterocycles. The summed E-state index contributed by atoms with van der Waals surface area (Å²) in [6.07, 6.45) is 3.11. The molecule has 0 radical (unpaired) electrons. The van der Waals surface area contributed by atoms with E-state index in [0.29, 0.717) is 38.6 Å². The zero-order valence-electron chi connectivity index (χ0n) is 17.4. The highest BCUT2D eigenvalue weighted by Crippen LogP contribution is 2.22. The maximum atomic E-state index is 12.7. The lowest BCUT2D eigenvalue weighted by Crippen LogP contribution is -2.49. The maximum Gasteiger partial charge on any atom is 0.243 e. The van der Waals surface area contributed by atoms with Crippen LogP contribution in [0.2, 0.25) is 0 Å². The van der Waals surface area contributed by atoms with Gasteiger partial charge in [-0.3, -0.25) is 14.6 Å². The van der Waals surface area contributed by atoms with Gasteiger partial charge in [-0.25, -0.2) is 0 Å². The Morgan fingerprint density at radius 1 is 1.26 bits per heavy atom. The molecule has 0 saturated carbocycles. The summed E-state index contributed by atoms with van der Waals surface area (Å²) in [6, 6.07) is 7.75. The quantitative estimate of drug-likeness (QED) is 0.157. The van der Waals surface area contributed by atoms with Gasteiger partial charge in [-0.2, -0.15) is 0 Å². The first-order valence-corrected chi connectivity index (χ1v) is 9.83. The van der Waals surface area contributed by atoms with Gasteiger partial charge in [0.25, 0.3) is 0 Å². The van der Waals surface area contributed by atoms with Gasteiger partial charge in [-0.15, -0.1) is 12.4 Å². The first-order chi connectivity index (χ1) is 13.9. The van der Waals surface area contributed by atoms with Gasteiger partial charge in [0.2, 0.25) is 11.8 Å². The van der Waals surface area contributed by atoms with Crippen molar-refractivity contribution >= 4 is 36.5 Å². The lowest BCUT2D eigenvalue weighted by atomic mass is 10.0. The number of hydrogen-bond acceptors (Lipinski definition) is 5. The van der Waals surface area contributed by atoms with Crippen LogP contribution in [0.4, 0.5) is 0 Å². The lowest BCUT2D eigenvalue weighted by molar-refractivity contribution is -0.139. The first-order valence-electron chi connectivity index (χ1n) is 9.83. The number of guanidine groups is 1. The molecular formula is C20H33ClN6O4. The van der Waals surface area contributed by atoms with Crippen molar-refractivity contribution in [2.75, 3.05) is 13.1 Å². The maximum absolute atomic E-state index is 12.7. The number of carbonyl (C=O) groups is 3. The molecule has 1 aliphatic rings. The number of hydrogen-bond donors (Lipinski definition) is 4. The average Bonchev–Trinajstić information content (AvgIpc) is 3.20. The van der Waals surface area contributed by atoms with Crippen LogP contribution in [0.15, 0.2) is 35.3 Å². The van der Waals surface area contributed by atoms with Gasteiger partial charge in [-0.05, 0) is 31.2 Å². The fraction of sp³-hybridized carbons (Fsp3) is 0.500. The van der Waals surface area contributed by atoms with Crippen molar-refractivity contribution in [3.05, 3.63) is 35.9 Å². The van der Waals surface area contributed by atoms with E-state index in [1.54, 1.807) is 4.90 Å². The zero-order valence-corrected chi connectivity index (χ0v) is 18.2. The van der Waals surface area contributed by atoms with Gasteiger partial charge < -0.3 is 37.7 Å². The standard InChI is InChI=1S/C20H30N6O3.ClH.H2O/c21-16(14-6-2-1-3-7-14)12-18(28)26-11-5-9-17(26)19(29)25-15(13-27)8-4-10-24-20(22)23;;/h1-3,6-7,13,15-17H,4-5,8-12,21H2,(H,25,29)(H4,22,23,24);1H;1H2/t15-,16?,17-;;/m0../s1. The second kappa shape index (κ2) is 14.3. The molecule has 2 rings (SSSR count). The number of carbonyl (C=O) groups excluding carboxylic acids is 3. The third-order valence-electron chi connectivity index (χ3n) is 4.96. The Morgan fingerprint density at radius 2 is 1.94 bits per heavy atom. The summed E-state index contributed by atoms with van der Waals surface area (Å²) in [7, 11) is 0. The van der Waals surface area contributed by atoms with Gasteiger partial charge in [0.05, 0.1) is 6.04 Å². The highest BCUT2D eigenvalue weighted by Gasteiger charge is 2.35. The molecule has 0 aromatic heterocycles. The molecule has 0 spiro atoms. The summed E-state index contributed by atoms with van der Waals surface area (Å²) >= 11 is 0. The van der Waals surface area contributed by atoms with Crippen molar-refractivity contribution in [2.45, 2.75) is 50.2 Å². The van der Waals surface area contributed by atoms with Crippen molar-refractivity contribution in [1.82, 2.24) is 10.2 Å². The minimum absolute atomic E-state index is 0. The molecule has 1 fully saturated rings. The van der Waals surface area contributed by atoms with E-state index in [4.69, 9.17) is 17.2 Å². The van der Waals surface area contributed by atoms with E-state index in [2.05, 4.69) is 10.3 Å². The van der Waals surface area contributed by atoms with E-state index in [1.165, 1.54) is 0 Å². The van der Waals surface area contributed by atoms with Gasteiger partial charge in [0.15, 0.2) is 5.96 Å². The Balaban J connectivity index is 0.00000450. The molecule has 10 nitrogen and oxygen atoms in total. The summed E-state index contributed by atoms with van der Waals surface area (Å²) in [4.78, 5) is 42.1. The Hall–Kier alpha value is -2.69. The third-order valence-corrected chi connectivity index (χ3v) is 4.96. The number of aliphatic imine (C=N–C) groups is 1. The molecular weight excluding hydrogens is 424 g/mol. The summed E-state index contributed by atoms with van der Waals surface area (Å²) < 4.78 is 0. The number of nitrogens with one attached hydrogen (secondary N) is 1. The zero-order chi connectivity index (χ0) is 21.2. The Bertz CT molecular complexity index is 730. The number of benzene rings is 1. The fourth-order valence-electron chi connectivity index (χ4n) is 3.43. The summed E-state index contributed by atoms with van der Waals surface area (Å²) in [6.45, 7) is 0.892. The minimum atomic E-state index is -0.638. The molecule has 1 unspecified atom stereocenters. The van der Waals surface area contributed by atoms with E-state index in [0.717, 1.165) is 12.0 Å². The molecule has 1 aromatic rings. The largest absolute Gasteiger partial charge is 0.412 e. The van der Waals surface area contributed by atoms with Crippen LogP contribution < -0.4 is 22.5 Å². The van der Waals surface area contributed by atoms with Gasteiger partial charge in [-0.1, -0.05) is 30.3 Å². The van der Waals surface area contributed by atoms with Crippen LogP contribution in [0.1, 0.15) is 43.7 Å². The van der Waals surface area contributed by atoms with Crippen molar-refractivity contribution in [1.29, 1.82) is 0 Å². The van der Waals surface area contributed by atoms with E-state index in [-0.39, 0.29) is 42.1 Å². The molecule has 1 aliphatic heterocycles. The lowest BCUT2D eigenvalue weighted by Gasteiger charge is -2.26. The van der Waals surface area contributed by atoms with Crippen LogP contribution in [-0.4, -0.2) is 59.6 Å². The molecule has 0 aliphatic carbocycles. The van der Waals surface area contributed by atoms with E-state index < -0.39 is 18.1 Å². The molecule has 0 bridgehead atoms. The number of amides is 2. The molecule has 9 N–H and O–H groups in total. The number of halogens is 1. The number of likely N-dealkylation sites (tertiary alicyclic amines) is 1. The van der Waals surface area contributed by atoms with E-state index >= 15 is 0 Å². The second-order valence-corrected chi connectivity index (χ2v) is 7.17. The van der Waals surface area contributed by atoms with Crippen molar-refractivity contribution < 1.29 is 19.9 Å². The van der Waals surface area contributed by atoms with Crippen LogP contribution in [0.25, 0.3) is 0 Å². The highest BCUT2D eigenvalue weighted by molar-refractivity contribution is 5.89. The van der Waals surface area contributed by atoms with Gasteiger partial charge in [0, 0.05) is 25.6 Å². The monoisotopic (exact) mass is 456 g/mol. The minimum Gasteiger partial charge on any atom is -0.412 e. The van der Waals surface area contributed by atoms with Crippen LogP contribution in [-0.2, 0) is 14.4 Å². The van der Waals surface area contributed by atoms with Crippen molar-refractivity contribution in [2.24, 2.45) is 22.2 Å². The van der Waals surface area contributed by atoms with Crippen molar-refractivity contribution in [3.63, 3.8) is 0 Å². The SMILES string of the molecule is Cl.NC(N)=NCCC[C@@H](C=O)NC(=O)[C@@H]1CCCN1C(=O)CC(N)c1ccccc1.O. The first kappa shape index (κ1) is 28.3. The average molecular weight is 457 g/mol. The predicted molar refractivity (Wildman–Crippen MR) is 121 cm³/mol. The molecule has 11 heteroatoms. The van der Waals surface area contributed by atoms with Crippen LogP contribution >= 0.6 is 12.4 Å². The molecule has 2 amide bonds. The smallest absolute Gasteiger partial charge is 0.243 e. The highest BCUT2D eigenvalue weighted by atomic mass is 35.5. The van der Waals surface area contributed by atoms with Crippen LogP contribution in [0.3, 0.4) is 0 Å². The van der Waals surface area contributed by atoms with Crippen LogP contribution in [0.5, 0.6) is 0 Å². The molecule has 1 aromatic carbocycles. The molecule has 1 saturated heterocycles. The number of nitrogens with two attached hydrogens (primary N) is 3. The van der Waals surface area contributed by atoms with Crippen LogP contribution in [0, 0.1) is 0 Å². The Kier molecular flexibility index (Phi) is 13.1. The second-order valence-electron chi connectivity index (χ2n) is 7.17. The molecule has 174 valence electrons. The normalized spacial score (nSPS) is 16.8. The summed E-state index contributed by atoms with van der Waals surface area (Å²) in [5.74, 6) is -0.483. The number of rotatable bonds is 10. The van der Waals surface area contributed by atoms with E-state index in [1.807, 2.05) is 30.3 Å². The molecule has 3 atom stereocenters. The fourth-order valence-corrected chi connectivity index (χ4v) is 3.43. The van der Waals surface area contributed by atoms with Gasteiger partial charge >= 0.3 is 0 Å². The van der Waals surface area contributed by atoms with E-state index in [9.17, 15) is 14.4 Å². The third kappa shape index (κ3) is 8.91. The Morgan fingerprint density at radius 3 is 2.55 bits per heavy atom.